The summed E-state index contributed by atoms with van der Waals surface area (Å²) in [5.74, 6) is 0. The Kier molecular flexibility index (Phi) is 4.14. The van der Waals surface area contributed by atoms with Crippen LogP contribution >= 0.6 is 11.3 Å². The van der Waals surface area contributed by atoms with Gasteiger partial charge in [0, 0.05) is 24.0 Å². The Morgan fingerprint density at radius 3 is 2.90 bits per heavy atom. The van der Waals surface area contributed by atoms with Crippen molar-refractivity contribution >= 4 is 21.4 Å². The van der Waals surface area contributed by atoms with E-state index in [1.54, 1.807) is 15.8 Å². The van der Waals surface area contributed by atoms with Gasteiger partial charge in [-0.15, -0.1) is 11.3 Å². The number of fused-ring (bicyclic) bond motifs is 1. The molecule has 3 rings (SSSR count). The van der Waals surface area contributed by atoms with Crippen molar-refractivity contribution < 1.29 is 13.5 Å². The van der Waals surface area contributed by atoms with Crippen molar-refractivity contribution in [3.8, 4) is 0 Å². The molecule has 0 radical (unpaired) electrons. The monoisotopic (exact) mass is 316 g/mol. The zero-order valence-corrected chi connectivity index (χ0v) is 13.0. The maximum Gasteiger partial charge on any atom is 0.244 e. The second kappa shape index (κ2) is 5.73. The SMILES string of the molecule is O=S(=O)(c1ccsc1CO)N1CCCN2CCCC2C1. The maximum absolute atomic E-state index is 12.8. The average molecular weight is 316 g/mol. The normalized spacial score (nSPS) is 25.6. The van der Waals surface area contributed by atoms with Gasteiger partial charge >= 0.3 is 0 Å². The Bertz CT molecular complexity index is 570. The van der Waals surface area contributed by atoms with Gasteiger partial charge in [0.1, 0.15) is 0 Å². The summed E-state index contributed by atoms with van der Waals surface area (Å²) in [6.07, 6.45) is 3.13. The van der Waals surface area contributed by atoms with Crippen molar-refractivity contribution in [1.82, 2.24) is 9.21 Å². The molecule has 0 amide bonds. The Labute approximate surface area is 123 Å². The standard InChI is InChI=1S/C13H20N2O3S2/c16-10-12-13(4-8-19-12)20(17,18)15-7-2-6-14-5-1-3-11(14)9-15/h4,8,11,16H,1-3,5-7,9-10H2. The minimum Gasteiger partial charge on any atom is -0.391 e. The van der Waals surface area contributed by atoms with Crippen molar-refractivity contribution in [3.63, 3.8) is 0 Å². The Hall–Kier alpha value is -0.470. The van der Waals surface area contributed by atoms with Gasteiger partial charge in [0.05, 0.1) is 11.5 Å². The predicted octanol–water partition coefficient (Wildman–Crippen LogP) is 1.10. The van der Waals surface area contributed by atoms with Crippen LogP contribution in [-0.4, -0.2) is 55.0 Å². The van der Waals surface area contributed by atoms with E-state index < -0.39 is 10.0 Å². The van der Waals surface area contributed by atoms with Gasteiger partial charge in [0.25, 0.3) is 0 Å². The van der Waals surface area contributed by atoms with Crippen molar-refractivity contribution in [2.75, 3.05) is 26.2 Å². The van der Waals surface area contributed by atoms with E-state index in [0.717, 1.165) is 25.9 Å². The Morgan fingerprint density at radius 2 is 2.10 bits per heavy atom. The molecule has 2 fully saturated rings. The molecule has 20 heavy (non-hydrogen) atoms. The number of aliphatic hydroxyl groups is 1. The first-order valence-electron chi connectivity index (χ1n) is 7.04. The number of sulfonamides is 1. The number of hydrogen-bond donors (Lipinski definition) is 1. The van der Waals surface area contributed by atoms with E-state index in [1.165, 1.54) is 17.8 Å². The minimum atomic E-state index is -3.47. The van der Waals surface area contributed by atoms with Crippen LogP contribution in [0, 0.1) is 0 Å². The van der Waals surface area contributed by atoms with Crippen LogP contribution in [0.2, 0.25) is 0 Å². The van der Waals surface area contributed by atoms with Crippen molar-refractivity contribution in [1.29, 1.82) is 0 Å². The molecule has 1 unspecified atom stereocenters. The molecule has 1 atom stereocenters. The minimum absolute atomic E-state index is 0.213. The molecule has 1 aromatic heterocycles. The molecule has 0 bridgehead atoms. The van der Waals surface area contributed by atoms with E-state index in [9.17, 15) is 13.5 Å². The van der Waals surface area contributed by atoms with Gasteiger partial charge < -0.3 is 5.11 Å². The lowest BCUT2D eigenvalue weighted by molar-refractivity contribution is 0.257. The molecule has 2 saturated heterocycles. The molecule has 7 heteroatoms. The lowest BCUT2D eigenvalue weighted by Gasteiger charge is -2.25. The predicted molar refractivity (Wildman–Crippen MR) is 78.2 cm³/mol. The summed E-state index contributed by atoms with van der Waals surface area (Å²) in [6.45, 7) is 3.04. The van der Waals surface area contributed by atoms with Gasteiger partial charge in [-0.3, -0.25) is 4.90 Å². The summed E-state index contributed by atoms with van der Waals surface area (Å²) in [7, 11) is -3.47. The number of aliphatic hydroxyl groups excluding tert-OH is 1. The van der Waals surface area contributed by atoms with Crippen LogP contribution in [-0.2, 0) is 16.6 Å². The van der Waals surface area contributed by atoms with Crippen LogP contribution < -0.4 is 0 Å². The fourth-order valence-electron chi connectivity index (χ4n) is 3.20. The van der Waals surface area contributed by atoms with Crippen LogP contribution in [0.5, 0.6) is 0 Å². The third kappa shape index (κ3) is 2.53. The van der Waals surface area contributed by atoms with E-state index in [4.69, 9.17) is 0 Å². The molecule has 2 aliphatic rings. The smallest absolute Gasteiger partial charge is 0.244 e. The van der Waals surface area contributed by atoms with Crippen molar-refractivity contribution in [2.24, 2.45) is 0 Å². The fraction of sp³-hybridized carbons (Fsp3) is 0.692. The third-order valence-electron chi connectivity index (χ3n) is 4.23. The molecule has 112 valence electrons. The molecule has 5 nitrogen and oxygen atoms in total. The van der Waals surface area contributed by atoms with E-state index in [1.807, 2.05) is 0 Å². The highest BCUT2D eigenvalue weighted by molar-refractivity contribution is 7.89. The van der Waals surface area contributed by atoms with Gasteiger partial charge in [-0.1, -0.05) is 0 Å². The van der Waals surface area contributed by atoms with Gasteiger partial charge in [-0.2, -0.15) is 4.31 Å². The highest BCUT2D eigenvalue weighted by atomic mass is 32.2. The lowest BCUT2D eigenvalue weighted by Crippen LogP contribution is -2.39. The Morgan fingerprint density at radius 1 is 1.30 bits per heavy atom. The molecule has 0 aliphatic carbocycles. The molecule has 2 aliphatic heterocycles. The van der Waals surface area contributed by atoms with Crippen LogP contribution in [0.25, 0.3) is 0 Å². The summed E-state index contributed by atoms with van der Waals surface area (Å²) < 4.78 is 27.2. The van der Waals surface area contributed by atoms with E-state index in [-0.39, 0.29) is 11.5 Å². The first-order valence-corrected chi connectivity index (χ1v) is 9.36. The molecule has 1 N–H and O–H groups in total. The molecule has 0 spiro atoms. The Balaban J connectivity index is 1.87. The van der Waals surface area contributed by atoms with Gasteiger partial charge in [-0.05, 0) is 43.8 Å². The molecular weight excluding hydrogens is 296 g/mol. The first-order chi connectivity index (χ1) is 9.63. The fourth-order valence-corrected chi connectivity index (χ4v) is 5.99. The second-order valence-corrected chi connectivity index (χ2v) is 8.32. The highest BCUT2D eigenvalue weighted by Crippen LogP contribution is 2.29. The van der Waals surface area contributed by atoms with Crippen LogP contribution in [0.4, 0.5) is 0 Å². The zero-order valence-electron chi connectivity index (χ0n) is 11.4. The quantitative estimate of drug-likeness (QED) is 0.907. The largest absolute Gasteiger partial charge is 0.391 e. The topological polar surface area (TPSA) is 60.9 Å². The van der Waals surface area contributed by atoms with Crippen LogP contribution in [0.1, 0.15) is 24.1 Å². The van der Waals surface area contributed by atoms with E-state index in [2.05, 4.69) is 4.90 Å². The molecule has 3 heterocycles. The highest BCUT2D eigenvalue weighted by Gasteiger charge is 2.35. The van der Waals surface area contributed by atoms with Gasteiger partial charge in [-0.25, -0.2) is 8.42 Å². The maximum atomic E-state index is 12.8. The molecule has 1 aromatic rings. The third-order valence-corrected chi connectivity index (χ3v) is 7.22. The van der Waals surface area contributed by atoms with Crippen LogP contribution in [0.3, 0.4) is 0 Å². The zero-order chi connectivity index (χ0) is 14.2. The first kappa shape index (κ1) is 14.5. The van der Waals surface area contributed by atoms with E-state index in [0.29, 0.717) is 24.0 Å². The lowest BCUT2D eigenvalue weighted by atomic mass is 10.2. The van der Waals surface area contributed by atoms with Crippen molar-refractivity contribution in [3.05, 3.63) is 16.3 Å². The summed E-state index contributed by atoms with van der Waals surface area (Å²) >= 11 is 1.30. The number of nitrogens with zero attached hydrogens (tertiary/aromatic N) is 2. The average Bonchev–Trinajstić information content (AvgIpc) is 3.03. The molecular formula is C13H20N2O3S2. The van der Waals surface area contributed by atoms with Gasteiger partial charge in [0.15, 0.2) is 0 Å². The number of thiophene rings is 1. The van der Waals surface area contributed by atoms with Gasteiger partial charge in [0.2, 0.25) is 10.0 Å². The number of rotatable bonds is 3. The van der Waals surface area contributed by atoms with Crippen molar-refractivity contribution in [2.45, 2.75) is 36.8 Å². The van der Waals surface area contributed by atoms with Crippen LogP contribution in [0.15, 0.2) is 16.3 Å². The second-order valence-electron chi connectivity index (χ2n) is 5.41. The molecule has 0 saturated carbocycles. The number of hydrogen-bond acceptors (Lipinski definition) is 5. The molecule has 0 aromatic carbocycles. The van der Waals surface area contributed by atoms with E-state index >= 15 is 0 Å². The summed E-state index contributed by atoms with van der Waals surface area (Å²) in [6, 6.07) is 1.98. The summed E-state index contributed by atoms with van der Waals surface area (Å²) in [5, 5.41) is 11.0. The summed E-state index contributed by atoms with van der Waals surface area (Å²) in [4.78, 5) is 3.24. The summed E-state index contributed by atoms with van der Waals surface area (Å²) in [5.41, 5.74) is 0.